The second-order valence-electron chi connectivity index (χ2n) is 4.79. The van der Waals surface area contributed by atoms with Gasteiger partial charge in [0.15, 0.2) is 5.82 Å². The quantitative estimate of drug-likeness (QED) is 0.916. The molecule has 100 valence electrons. The Morgan fingerprint density at radius 1 is 1.21 bits per heavy atom. The van der Waals surface area contributed by atoms with Gasteiger partial charge in [-0.2, -0.15) is 4.98 Å². The van der Waals surface area contributed by atoms with Crippen LogP contribution in [0, 0.1) is 0 Å². The number of rotatable bonds is 2. The van der Waals surface area contributed by atoms with Crippen LogP contribution in [0.4, 0.5) is 0 Å². The van der Waals surface area contributed by atoms with Crippen molar-refractivity contribution in [1.82, 2.24) is 15.5 Å². The molecule has 1 aromatic carbocycles. The Morgan fingerprint density at radius 2 is 2.11 bits per heavy atom. The molecule has 5 heteroatoms. The van der Waals surface area contributed by atoms with Crippen LogP contribution in [0.15, 0.2) is 33.3 Å². The maximum atomic E-state index is 5.39. The average Bonchev–Trinajstić information content (AvgIpc) is 2.75. The molecule has 0 amide bonds. The van der Waals surface area contributed by atoms with Crippen molar-refractivity contribution < 1.29 is 4.52 Å². The van der Waals surface area contributed by atoms with Crippen LogP contribution in [-0.2, 0) is 0 Å². The van der Waals surface area contributed by atoms with Crippen molar-refractivity contribution in [2.45, 2.75) is 31.7 Å². The first-order valence-corrected chi connectivity index (χ1v) is 7.46. The zero-order chi connectivity index (χ0) is 13.1. The highest BCUT2D eigenvalue weighted by Crippen LogP contribution is 2.28. The van der Waals surface area contributed by atoms with Crippen molar-refractivity contribution in [3.8, 4) is 11.5 Å². The van der Waals surface area contributed by atoms with Gasteiger partial charge >= 0.3 is 0 Å². The monoisotopic (exact) mass is 321 g/mol. The molecule has 0 radical (unpaired) electrons. The van der Waals surface area contributed by atoms with Crippen LogP contribution in [0.3, 0.4) is 0 Å². The second-order valence-corrected chi connectivity index (χ2v) is 5.65. The Morgan fingerprint density at radius 3 is 3.00 bits per heavy atom. The maximum absolute atomic E-state index is 5.39. The average molecular weight is 322 g/mol. The standard InChI is InChI=1S/C14H16BrN3O/c15-11-7-4-3-6-10(11)14-17-13(18-19-14)12-8-2-1-5-9-16-12/h3-4,6-7,12,16H,1-2,5,8-9H2. The van der Waals surface area contributed by atoms with Gasteiger partial charge in [-0.3, -0.25) is 0 Å². The molecule has 0 bridgehead atoms. The number of hydrogen-bond acceptors (Lipinski definition) is 4. The van der Waals surface area contributed by atoms with Crippen molar-refractivity contribution in [2.75, 3.05) is 6.54 Å². The van der Waals surface area contributed by atoms with E-state index in [2.05, 4.69) is 31.4 Å². The molecule has 1 aromatic heterocycles. The van der Waals surface area contributed by atoms with E-state index < -0.39 is 0 Å². The van der Waals surface area contributed by atoms with Crippen molar-refractivity contribution in [3.63, 3.8) is 0 Å². The molecule has 3 rings (SSSR count). The first-order valence-electron chi connectivity index (χ1n) is 6.66. The van der Waals surface area contributed by atoms with Crippen LogP contribution in [0.1, 0.15) is 37.5 Å². The van der Waals surface area contributed by atoms with E-state index in [1.54, 1.807) is 0 Å². The number of hydrogen-bond donors (Lipinski definition) is 1. The van der Waals surface area contributed by atoms with Crippen LogP contribution in [0.25, 0.3) is 11.5 Å². The summed E-state index contributed by atoms with van der Waals surface area (Å²) in [6.07, 6.45) is 4.80. The number of halogens is 1. The van der Waals surface area contributed by atoms with E-state index in [-0.39, 0.29) is 6.04 Å². The molecular formula is C14H16BrN3O. The van der Waals surface area contributed by atoms with E-state index in [0.717, 1.165) is 28.8 Å². The molecule has 0 aliphatic carbocycles. The zero-order valence-electron chi connectivity index (χ0n) is 10.6. The summed E-state index contributed by atoms with van der Waals surface area (Å²) in [5, 5.41) is 7.61. The molecule has 1 fully saturated rings. The van der Waals surface area contributed by atoms with Gasteiger partial charge < -0.3 is 9.84 Å². The lowest BCUT2D eigenvalue weighted by atomic mass is 10.1. The summed E-state index contributed by atoms with van der Waals surface area (Å²) in [4.78, 5) is 4.54. The van der Waals surface area contributed by atoms with Gasteiger partial charge in [0.25, 0.3) is 5.89 Å². The molecule has 2 heterocycles. The minimum absolute atomic E-state index is 0.225. The Labute approximate surface area is 120 Å². The van der Waals surface area contributed by atoms with E-state index in [1.165, 1.54) is 19.3 Å². The predicted molar refractivity (Wildman–Crippen MR) is 76.6 cm³/mol. The fourth-order valence-electron chi connectivity index (χ4n) is 2.37. The Kier molecular flexibility index (Phi) is 3.94. The summed E-state index contributed by atoms with van der Waals surface area (Å²) in [5.41, 5.74) is 0.940. The third kappa shape index (κ3) is 2.87. The summed E-state index contributed by atoms with van der Waals surface area (Å²) < 4.78 is 6.37. The molecule has 1 N–H and O–H groups in total. The van der Waals surface area contributed by atoms with E-state index >= 15 is 0 Å². The summed E-state index contributed by atoms with van der Waals surface area (Å²) in [5.74, 6) is 1.35. The smallest absolute Gasteiger partial charge is 0.259 e. The highest BCUT2D eigenvalue weighted by atomic mass is 79.9. The molecule has 0 spiro atoms. The van der Waals surface area contributed by atoms with Crippen LogP contribution < -0.4 is 5.32 Å². The van der Waals surface area contributed by atoms with Crippen LogP contribution in [0.5, 0.6) is 0 Å². The van der Waals surface area contributed by atoms with Crippen LogP contribution >= 0.6 is 15.9 Å². The lowest BCUT2D eigenvalue weighted by Crippen LogP contribution is -2.21. The molecule has 1 atom stereocenters. The molecule has 2 aromatic rings. The molecule has 1 aliphatic heterocycles. The molecule has 0 saturated carbocycles. The Hall–Kier alpha value is -1.20. The van der Waals surface area contributed by atoms with Gasteiger partial charge in [-0.05, 0) is 47.4 Å². The summed E-state index contributed by atoms with van der Waals surface area (Å²) >= 11 is 3.51. The van der Waals surface area contributed by atoms with Crippen molar-refractivity contribution >= 4 is 15.9 Å². The van der Waals surface area contributed by atoms with E-state index in [4.69, 9.17) is 4.52 Å². The fraction of sp³-hybridized carbons (Fsp3) is 0.429. The largest absolute Gasteiger partial charge is 0.334 e. The zero-order valence-corrected chi connectivity index (χ0v) is 12.2. The molecule has 1 aliphatic rings. The van der Waals surface area contributed by atoms with Gasteiger partial charge in [-0.15, -0.1) is 0 Å². The second kappa shape index (κ2) is 5.84. The highest BCUT2D eigenvalue weighted by molar-refractivity contribution is 9.10. The molecular weight excluding hydrogens is 306 g/mol. The van der Waals surface area contributed by atoms with Gasteiger partial charge in [-0.25, -0.2) is 0 Å². The van der Waals surface area contributed by atoms with Crippen LogP contribution in [0.2, 0.25) is 0 Å². The molecule has 4 nitrogen and oxygen atoms in total. The third-order valence-corrected chi connectivity index (χ3v) is 4.11. The SMILES string of the molecule is Brc1ccccc1-c1nc(C2CCCCCN2)no1. The topological polar surface area (TPSA) is 51.0 Å². The lowest BCUT2D eigenvalue weighted by Gasteiger charge is -2.09. The number of nitrogens with one attached hydrogen (secondary N) is 1. The first-order chi connectivity index (χ1) is 9.34. The van der Waals surface area contributed by atoms with Gasteiger partial charge in [0.05, 0.1) is 11.6 Å². The van der Waals surface area contributed by atoms with Gasteiger partial charge in [0.2, 0.25) is 0 Å². The summed E-state index contributed by atoms with van der Waals surface area (Å²) in [7, 11) is 0. The first kappa shape index (κ1) is 12.8. The minimum atomic E-state index is 0.225. The predicted octanol–water partition coefficient (Wildman–Crippen LogP) is 3.70. The third-order valence-electron chi connectivity index (χ3n) is 3.42. The van der Waals surface area contributed by atoms with E-state index in [0.29, 0.717) is 5.89 Å². The minimum Gasteiger partial charge on any atom is -0.334 e. The number of aromatic nitrogens is 2. The number of benzene rings is 1. The van der Waals surface area contributed by atoms with Gasteiger partial charge in [-0.1, -0.05) is 30.1 Å². The highest BCUT2D eigenvalue weighted by Gasteiger charge is 2.20. The van der Waals surface area contributed by atoms with Crippen molar-refractivity contribution in [2.24, 2.45) is 0 Å². The number of nitrogens with zero attached hydrogens (tertiary/aromatic N) is 2. The Balaban J connectivity index is 1.85. The maximum Gasteiger partial charge on any atom is 0.259 e. The fourth-order valence-corrected chi connectivity index (χ4v) is 2.82. The Bertz CT molecular complexity index is 547. The van der Waals surface area contributed by atoms with Gasteiger partial charge in [0, 0.05) is 4.47 Å². The molecule has 1 saturated heterocycles. The van der Waals surface area contributed by atoms with Crippen LogP contribution in [-0.4, -0.2) is 16.7 Å². The lowest BCUT2D eigenvalue weighted by molar-refractivity contribution is 0.402. The summed E-state index contributed by atoms with van der Waals surface area (Å²) in [6, 6.07) is 8.11. The van der Waals surface area contributed by atoms with E-state index in [9.17, 15) is 0 Å². The normalized spacial score (nSPS) is 20.2. The van der Waals surface area contributed by atoms with Crippen molar-refractivity contribution in [1.29, 1.82) is 0 Å². The van der Waals surface area contributed by atoms with E-state index in [1.807, 2.05) is 24.3 Å². The molecule has 19 heavy (non-hydrogen) atoms. The van der Waals surface area contributed by atoms with Crippen molar-refractivity contribution in [3.05, 3.63) is 34.6 Å². The van der Waals surface area contributed by atoms with Gasteiger partial charge in [0.1, 0.15) is 0 Å². The molecule has 1 unspecified atom stereocenters. The summed E-state index contributed by atoms with van der Waals surface area (Å²) in [6.45, 7) is 1.03.